The number of allylic oxidation sites excluding steroid dienone is 12. The van der Waals surface area contributed by atoms with Gasteiger partial charge in [-0.25, -0.2) is 0 Å². The quantitative estimate of drug-likeness (QED) is 0.0262. The van der Waals surface area contributed by atoms with Gasteiger partial charge in [0.2, 0.25) is 0 Å². The van der Waals surface area contributed by atoms with Gasteiger partial charge >= 0.3 is 17.9 Å². The third-order valence-electron chi connectivity index (χ3n) is 11.0. The number of rotatable bonds is 46. The van der Waals surface area contributed by atoms with Gasteiger partial charge in [0.15, 0.2) is 6.10 Å². The molecule has 0 N–H and O–H groups in total. The molecule has 0 fully saturated rings. The van der Waals surface area contributed by atoms with Gasteiger partial charge in [-0.1, -0.05) is 229 Å². The summed E-state index contributed by atoms with van der Waals surface area (Å²) in [5, 5.41) is 0. The van der Waals surface area contributed by atoms with E-state index in [4.69, 9.17) is 14.2 Å². The monoisotopic (exact) mass is 865 g/mol. The van der Waals surface area contributed by atoms with Crippen molar-refractivity contribution in [3.8, 4) is 0 Å². The SMILES string of the molecule is CC/C=C\C/C=C\C/C=C\C/C=C\C/C=C\C/C=C\CCCCCCC(=O)OCC(COC(=O)CCCCCCCCC)OC(=O)CCCCCCCCCCCCCCCC. The van der Waals surface area contributed by atoms with Gasteiger partial charge in [0.25, 0.3) is 0 Å². The van der Waals surface area contributed by atoms with E-state index in [-0.39, 0.29) is 31.1 Å². The van der Waals surface area contributed by atoms with Gasteiger partial charge in [-0.2, -0.15) is 0 Å². The molecule has 0 heterocycles. The van der Waals surface area contributed by atoms with Crippen molar-refractivity contribution in [2.24, 2.45) is 0 Å². The fourth-order valence-electron chi connectivity index (χ4n) is 7.09. The van der Waals surface area contributed by atoms with Crippen LogP contribution >= 0.6 is 0 Å². The highest BCUT2D eigenvalue weighted by Crippen LogP contribution is 2.15. The second-order valence-corrected chi connectivity index (χ2v) is 17.1. The molecule has 1 atom stereocenters. The molecule has 0 amide bonds. The zero-order chi connectivity index (χ0) is 45.1. The van der Waals surface area contributed by atoms with Crippen LogP contribution in [0.1, 0.15) is 245 Å². The van der Waals surface area contributed by atoms with E-state index in [1.54, 1.807) is 0 Å². The first kappa shape index (κ1) is 58.9. The number of carbonyl (C=O) groups is 3. The van der Waals surface area contributed by atoms with E-state index in [0.29, 0.717) is 19.3 Å². The van der Waals surface area contributed by atoms with E-state index in [0.717, 1.165) is 109 Å². The molecule has 0 saturated heterocycles. The van der Waals surface area contributed by atoms with E-state index >= 15 is 0 Å². The van der Waals surface area contributed by atoms with Crippen LogP contribution in [0, 0.1) is 0 Å². The molecule has 0 aromatic carbocycles. The summed E-state index contributed by atoms with van der Waals surface area (Å²) >= 11 is 0. The highest BCUT2D eigenvalue weighted by molar-refractivity contribution is 5.71. The van der Waals surface area contributed by atoms with Gasteiger partial charge in [-0.3, -0.25) is 14.4 Å². The molecule has 0 radical (unpaired) electrons. The van der Waals surface area contributed by atoms with Crippen molar-refractivity contribution in [3.63, 3.8) is 0 Å². The van der Waals surface area contributed by atoms with Crippen molar-refractivity contribution < 1.29 is 28.6 Å². The number of carbonyl (C=O) groups excluding carboxylic acids is 3. The van der Waals surface area contributed by atoms with Gasteiger partial charge < -0.3 is 14.2 Å². The summed E-state index contributed by atoms with van der Waals surface area (Å²) in [6.45, 7) is 6.46. The maximum Gasteiger partial charge on any atom is 0.306 e. The molecule has 62 heavy (non-hydrogen) atoms. The summed E-state index contributed by atoms with van der Waals surface area (Å²) in [7, 11) is 0. The second-order valence-electron chi connectivity index (χ2n) is 17.1. The van der Waals surface area contributed by atoms with Crippen LogP contribution in [0.4, 0.5) is 0 Å². The van der Waals surface area contributed by atoms with Crippen LogP contribution in [0.3, 0.4) is 0 Å². The minimum Gasteiger partial charge on any atom is -0.462 e. The first-order valence-electron chi connectivity index (χ1n) is 25.9. The van der Waals surface area contributed by atoms with Gasteiger partial charge in [-0.05, 0) is 70.6 Å². The molecule has 6 nitrogen and oxygen atoms in total. The van der Waals surface area contributed by atoms with Crippen molar-refractivity contribution in [3.05, 3.63) is 72.9 Å². The highest BCUT2D eigenvalue weighted by atomic mass is 16.6. The summed E-state index contributed by atoms with van der Waals surface area (Å²) in [5.41, 5.74) is 0. The predicted molar refractivity (Wildman–Crippen MR) is 265 cm³/mol. The number of hydrogen-bond donors (Lipinski definition) is 0. The van der Waals surface area contributed by atoms with Crippen LogP contribution in [0.25, 0.3) is 0 Å². The molecule has 0 aliphatic rings. The second kappa shape index (κ2) is 50.5. The fraction of sp³-hybridized carbons (Fsp3) is 0.732. The maximum atomic E-state index is 12.7. The van der Waals surface area contributed by atoms with Gasteiger partial charge in [0.05, 0.1) is 0 Å². The maximum absolute atomic E-state index is 12.7. The van der Waals surface area contributed by atoms with Crippen LogP contribution in [0.5, 0.6) is 0 Å². The Balaban J connectivity index is 4.28. The highest BCUT2D eigenvalue weighted by Gasteiger charge is 2.19. The Hall–Kier alpha value is -3.15. The van der Waals surface area contributed by atoms with E-state index in [9.17, 15) is 14.4 Å². The summed E-state index contributed by atoms with van der Waals surface area (Å²) < 4.78 is 16.7. The molecule has 1 unspecified atom stereocenters. The van der Waals surface area contributed by atoms with Crippen LogP contribution in [-0.2, 0) is 28.6 Å². The Labute approximate surface area is 382 Å². The molecule has 356 valence electrons. The fourth-order valence-corrected chi connectivity index (χ4v) is 7.09. The molecule has 0 rings (SSSR count). The molecule has 6 heteroatoms. The summed E-state index contributed by atoms with van der Waals surface area (Å²) in [5.74, 6) is -0.911. The molecule has 0 aliphatic carbocycles. The molecule has 0 saturated carbocycles. The van der Waals surface area contributed by atoms with Crippen LogP contribution in [-0.4, -0.2) is 37.2 Å². The Morgan fingerprint density at radius 1 is 0.339 bits per heavy atom. The first-order chi connectivity index (χ1) is 30.5. The first-order valence-corrected chi connectivity index (χ1v) is 25.9. The Bertz CT molecular complexity index is 1180. The predicted octanol–water partition coefficient (Wildman–Crippen LogP) is 17.0. The van der Waals surface area contributed by atoms with Crippen molar-refractivity contribution in [1.29, 1.82) is 0 Å². The lowest BCUT2D eigenvalue weighted by Crippen LogP contribution is -2.30. The topological polar surface area (TPSA) is 78.9 Å². The van der Waals surface area contributed by atoms with Crippen LogP contribution < -0.4 is 0 Å². The Kier molecular flexibility index (Phi) is 47.9. The Morgan fingerprint density at radius 3 is 0.984 bits per heavy atom. The molecule has 0 spiro atoms. The van der Waals surface area contributed by atoms with E-state index in [1.165, 1.54) is 96.3 Å². The zero-order valence-corrected chi connectivity index (χ0v) is 40.6. The average Bonchev–Trinajstić information content (AvgIpc) is 3.27. The number of unbranched alkanes of at least 4 members (excludes halogenated alkanes) is 23. The van der Waals surface area contributed by atoms with Gasteiger partial charge in [-0.15, -0.1) is 0 Å². The van der Waals surface area contributed by atoms with Gasteiger partial charge in [0, 0.05) is 19.3 Å². The van der Waals surface area contributed by atoms with E-state index in [2.05, 4.69) is 93.7 Å². The van der Waals surface area contributed by atoms with Crippen LogP contribution in [0.15, 0.2) is 72.9 Å². The lowest BCUT2D eigenvalue weighted by molar-refractivity contribution is -0.167. The zero-order valence-electron chi connectivity index (χ0n) is 40.6. The minimum absolute atomic E-state index is 0.0817. The number of ether oxygens (including phenoxy) is 3. The van der Waals surface area contributed by atoms with Gasteiger partial charge in [0.1, 0.15) is 13.2 Å². The third-order valence-corrected chi connectivity index (χ3v) is 11.0. The van der Waals surface area contributed by atoms with Crippen molar-refractivity contribution in [1.82, 2.24) is 0 Å². The van der Waals surface area contributed by atoms with Crippen molar-refractivity contribution in [2.45, 2.75) is 252 Å². The molecular formula is C56H96O6. The normalized spacial score (nSPS) is 12.6. The van der Waals surface area contributed by atoms with E-state index < -0.39 is 6.10 Å². The lowest BCUT2D eigenvalue weighted by Gasteiger charge is -2.18. The standard InChI is InChI=1S/C56H96O6/c1-4-7-10-13-16-18-20-22-24-25-26-27-28-29-30-31-32-34-35-37-40-43-46-49-55(58)61-52-53(51-60-54(57)48-45-42-39-15-12-9-6-3)62-56(59)50-47-44-41-38-36-33-23-21-19-17-14-11-8-5-2/h7,10,16,18,22,24,26-27,29-30,32,34,53H,4-6,8-9,11-15,17,19-21,23,25,28,31,33,35-52H2,1-3H3/b10-7-,18-16-,24-22-,27-26-,30-29-,34-32-. The average molecular weight is 865 g/mol. The summed E-state index contributed by atoms with van der Waals surface area (Å²) in [6, 6.07) is 0. The lowest BCUT2D eigenvalue weighted by atomic mass is 10.0. The van der Waals surface area contributed by atoms with Crippen molar-refractivity contribution in [2.75, 3.05) is 13.2 Å². The van der Waals surface area contributed by atoms with Crippen molar-refractivity contribution >= 4 is 17.9 Å². The smallest absolute Gasteiger partial charge is 0.306 e. The Morgan fingerprint density at radius 2 is 0.629 bits per heavy atom. The molecule has 0 aliphatic heterocycles. The molecular weight excluding hydrogens is 769 g/mol. The number of esters is 3. The summed E-state index contributed by atoms with van der Waals surface area (Å²) in [6.07, 6.45) is 63.3. The molecule has 0 aromatic heterocycles. The molecule has 0 aromatic rings. The minimum atomic E-state index is -0.780. The van der Waals surface area contributed by atoms with Crippen LogP contribution in [0.2, 0.25) is 0 Å². The van der Waals surface area contributed by atoms with E-state index in [1.807, 2.05) is 0 Å². The largest absolute Gasteiger partial charge is 0.462 e. The number of hydrogen-bond acceptors (Lipinski definition) is 6. The molecule has 0 bridgehead atoms. The third kappa shape index (κ3) is 47.9. The summed E-state index contributed by atoms with van der Waals surface area (Å²) in [4.78, 5) is 37.8.